The van der Waals surface area contributed by atoms with Crippen molar-refractivity contribution < 1.29 is 4.42 Å². The van der Waals surface area contributed by atoms with Gasteiger partial charge in [-0.1, -0.05) is 39.8 Å². The molecule has 1 unspecified atom stereocenters. The minimum atomic E-state index is 0.154. The van der Waals surface area contributed by atoms with E-state index in [4.69, 9.17) is 4.42 Å². The van der Waals surface area contributed by atoms with Gasteiger partial charge in [-0.2, -0.15) is 0 Å². The fourth-order valence-corrected chi connectivity index (χ4v) is 3.02. The van der Waals surface area contributed by atoms with Crippen molar-refractivity contribution in [2.45, 2.75) is 53.0 Å². The zero-order valence-corrected chi connectivity index (χ0v) is 13.7. The Morgan fingerprint density at radius 2 is 1.67 bits per heavy atom. The van der Waals surface area contributed by atoms with Crippen molar-refractivity contribution in [3.8, 4) is 0 Å². The first kappa shape index (κ1) is 15.8. The van der Waals surface area contributed by atoms with Gasteiger partial charge in [0.1, 0.15) is 5.76 Å². The first-order valence-electron chi connectivity index (χ1n) is 8.16. The molecule has 2 aromatic rings. The molecule has 2 nitrogen and oxygen atoms in total. The summed E-state index contributed by atoms with van der Waals surface area (Å²) < 4.78 is 5.70. The van der Waals surface area contributed by atoms with Crippen LogP contribution in [0.25, 0.3) is 0 Å². The largest absolute Gasteiger partial charge is 0.467 e. The average Bonchev–Trinajstić information content (AvgIpc) is 3.05. The molecule has 21 heavy (non-hydrogen) atoms. The molecule has 0 bridgehead atoms. The van der Waals surface area contributed by atoms with Crippen LogP contribution in [0.2, 0.25) is 0 Å². The van der Waals surface area contributed by atoms with E-state index in [1.807, 2.05) is 6.07 Å². The Bertz CT molecular complexity index is 532. The van der Waals surface area contributed by atoms with Crippen molar-refractivity contribution in [3.63, 3.8) is 0 Å². The predicted octanol–water partition coefficient (Wildman–Crippen LogP) is 4.67. The Labute approximate surface area is 128 Å². The smallest absolute Gasteiger partial charge is 0.125 e. The normalized spacial score (nSPS) is 12.6. The number of hydrogen-bond acceptors (Lipinski definition) is 2. The second-order valence-electron chi connectivity index (χ2n) is 5.39. The van der Waals surface area contributed by atoms with Crippen LogP contribution in [-0.4, -0.2) is 6.54 Å². The Morgan fingerprint density at radius 3 is 2.10 bits per heavy atom. The van der Waals surface area contributed by atoms with E-state index in [9.17, 15) is 0 Å². The van der Waals surface area contributed by atoms with Crippen molar-refractivity contribution in [2.24, 2.45) is 0 Å². The summed E-state index contributed by atoms with van der Waals surface area (Å²) in [5.74, 6) is 1.01. The van der Waals surface area contributed by atoms with E-state index in [1.165, 1.54) is 22.3 Å². The SMILES string of the molecule is CCNC(c1ccco1)c1c(CC)cc(CC)cc1CC. The van der Waals surface area contributed by atoms with Crippen molar-refractivity contribution in [1.29, 1.82) is 0 Å². The highest BCUT2D eigenvalue weighted by atomic mass is 16.3. The fourth-order valence-electron chi connectivity index (χ4n) is 3.02. The molecule has 1 N–H and O–H groups in total. The predicted molar refractivity (Wildman–Crippen MR) is 88.8 cm³/mol. The van der Waals surface area contributed by atoms with Gasteiger partial charge in [-0.05, 0) is 60.2 Å². The number of benzene rings is 1. The van der Waals surface area contributed by atoms with Gasteiger partial charge in [-0.25, -0.2) is 0 Å². The molecule has 0 radical (unpaired) electrons. The van der Waals surface area contributed by atoms with Gasteiger partial charge in [0, 0.05) is 0 Å². The maximum atomic E-state index is 5.70. The Hall–Kier alpha value is -1.54. The molecule has 0 aliphatic carbocycles. The summed E-state index contributed by atoms with van der Waals surface area (Å²) in [7, 11) is 0. The molecule has 1 atom stereocenters. The van der Waals surface area contributed by atoms with Crippen molar-refractivity contribution in [1.82, 2.24) is 5.32 Å². The molecule has 0 saturated carbocycles. The van der Waals surface area contributed by atoms with E-state index in [2.05, 4.69) is 51.2 Å². The second kappa shape index (κ2) is 7.46. The molecule has 0 amide bonds. The van der Waals surface area contributed by atoms with E-state index in [0.717, 1.165) is 31.6 Å². The molecule has 2 rings (SSSR count). The van der Waals surface area contributed by atoms with E-state index in [1.54, 1.807) is 6.26 Å². The summed E-state index contributed by atoms with van der Waals surface area (Å²) in [6.07, 6.45) is 4.96. The maximum absolute atomic E-state index is 5.70. The number of aryl methyl sites for hydroxylation is 3. The second-order valence-corrected chi connectivity index (χ2v) is 5.39. The minimum absolute atomic E-state index is 0.154. The number of furan rings is 1. The molecule has 0 aliphatic rings. The summed E-state index contributed by atoms with van der Waals surface area (Å²) in [5, 5.41) is 3.59. The minimum Gasteiger partial charge on any atom is -0.467 e. The highest BCUT2D eigenvalue weighted by Gasteiger charge is 2.21. The molecule has 0 spiro atoms. The summed E-state index contributed by atoms with van der Waals surface area (Å²) in [6.45, 7) is 9.77. The Balaban J connectivity index is 2.57. The molecule has 2 heteroatoms. The van der Waals surface area contributed by atoms with Crippen molar-refractivity contribution in [2.75, 3.05) is 6.54 Å². The molecule has 1 aromatic heterocycles. The first-order valence-corrected chi connectivity index (χ1v) is 8.16. The third-order valence-corrected chi connectivity index (χ3v) is 4.11. The van der Waals surface area contributed by atoms with Gasteiger partial charge in [0.15, 0.2) is 0 Å². The van der Waals surface area contributed by atoms with Crippen molar-refractivity contribution >= 4 is 0 Å². The molecule has 114 valence electrons. The molecule has 1 aromatic carbocycles. The zero-order chi connectivity index (χ0) is 15.2. The molecule has 0 saturated heterocycles. The quantitative estimate of drug-likeness (QED) is 0.800. The van der Waals surface area contributed by atoms with Crippen molar-refractivity contribution in [3.05, 3.63) is 58.5 Å². The van der Waals surface area contributed by atoms with Gasteiger partial charge in [0.25, 0.3) is 0 Å². The van der Waals surface area contributed by atoms with E-state index in [-0.39, 0.29) is 6.04 Å². The van der Waals surface area contributed by atoms with Crippen LogP contribution in [0.3, 0.4) is 0 Å². The van der Waals surface area contributed by atoms with Gasteiger partial charge in [-0.15, -0.1) is 0 Å². The van der Waals surface area contributed by atoms with Gasteiger partial charge in [0.2, 0.25) is 0 Å². The first-order chi connectivity index (χ1) is 10.2. The highest BCUT2D eigenvalue weighted by Crippen LogP contribution is 2.31. The number of nitrogens with one attached hydrogen (secondary N) is 1. The fraction of sp³-hybridized carbons (Fsp3) is 0.474. The van der Waals surface area contributed by atoms with E-state index in [0.29, 0.717) is 0 Å². The van der Waals surface area contributed by atoms with Gasteiger partial charge in [-0.3, -0.25) is 0 Å². The van der Waals surface area contributed by atoms with Crippen LogP contribution in [0, 0.1) is 0 Å². The van der Waals surface area contributed by atoms with Crippen LogP contribution in [0.1, 0.15) is 61.8 Å². The third kappa shape index (κ3) is 3.38. The van der Waals surface area contributed by atoms with E-state index >= 15 is 0 Å². The lowest BCUT2D eigenvalue weighted by Gasteiger charge is -2.23. The lowest BCUT2D eigenvalue weighted by Crippen LogP contribution is -2.24. The van der Waals surface area contributed by atoms with Crippen LogP contribution in [0.15, 0.2) is 34.9 Å². The molecular weight excluding hydrogens is 258 g/mol. The lowest BCUT2D eigenvalue weighted by atomic mass is 9.88. The average molecular weight is 285 g/mol. The standard InChI is InChI=1S/C19H27NO/c1-5-14-12-15(6-2)18(16(7-3)13-14)19(20-8-4)17-10-9-11-21-17/h9-13,19-20H,5-8H2,1-4H3. The summed E-state index contributed by atoms with van der Waals surface area (Å²) >= 11 is 0. The maximum Gasteiger partial charge on any atom is 0.125 e. The van der Waals surface area contributed by atoms with Crippen LogP contribution in [-0.2, 0) is 19.3 Å². The summed E-state index contributed by atoms with van der Waals surface area (Å²) in [4.78, 5) is 0. The summed E-state index contributed by atoms with van der Waals surface area (Å²) in [6, 6.07) is 8.92. The summed E-state index contributed by atoms with van der Waals surface area (Å²) in [5.41, 5.74) is 5.72. The molecule has 1 heterocycles. The topological polar surface area (TPSA) is 25.2 Å². The number of rotatable bonds is 7. The molecule has 0 fully saturated rings. The Morgan fingerprint density at radius 1 is 1.00 bits per heavy atom. The van der Waals surface area contributed by atoms with Gasteiger partial charge in [0.05, 0.1) is 12.3 Å². The van der Waals surface area contributed by atoms with E-state index < -0.39 is 0 Å². The van der Waals surface area contributed by atoms with Gasteiger partial charge < -0.3 is 9.73 Å². The van der Waals surface area contributed by atoms with Crippen LogP contribution in [0.4, 0.5) is 0 Å². The Kier molecular flexibility index (Phi) is 5.63. The monoisotopic (exact) mass is 285 g/mol. The lowest BCUT2D eigenvalue weighted by molar-refractivity contribution is 0.449. The molecule has 0 aliphatic heterocycles. The highest BCUT2D eigenvalue weighted by molar-refractivity contribution is 5.44. The van der Waals surface area contributed by atoms with Crippen LogP contribution < -0.4 is 5.32 Å². The number of hydrogen-bond donors (Lipinski definition) is 1. The van der Waals surface area contributed by atoms with Gasteiger partial charge >= 0.3 is 0 Å². The zero-order valence-electron chi connectivity index (χ0n) is 13.7. The third-order valence-electron chi connectivity index (χ3n) is 4.11. The van der Waals surface area contributed by atoms with Crippen LogP contribution >= 0.6 is 0 Å². The van der Waals surface area contributed by atoms with Crippen LogP contribution in [0.5, 0.6) is 0 Å². The molecular formula is C19H27NO.